The van der Waals surface area contributed by atoms with E-state index in [0.717, 1.165) is 0 Å². The number of hydrogen-bond acceptors (Lipinski definition) is 1. The molecule has 0 aromatic carbocycles. The molecule has 0 radical (unpaired) electrons. The first-order valence-electron chi connectivity index (χ1n) is 5.34. The van der Waals surface area contributed by atoms with Gasteiger partial charge in [0.15, 0.2) is 0 Å². The van der Waals surface area contributed by atoms with E-state index in [1.54, 1.807) is 0 Å². The molecule has 0 unspecified atom stereocenters. The second-order valence-electron chi connectivity index (χ2n) is 6.73. The van der Waals surface area contributed by atoms with Crippen molar-refractivity contribution in [3.05, 3.63) is 0 Å². The molecule has 0 aromatic rings. The third-order valence-electron chi connectivity index (χ3n) is 4.68. The third kappa shape index (κ3) is 1.13. The van der Waals surface area contributed by atoms with Gasteiger partial charge >= 0.3 is 82.9 Å². The molecule has 1 heterocycles. The molecule has 1 fully saturated rings. The molecule has 2 N–H and O–H groups in total. The summed E-state index contributed by atoms with van der Waals surface area (Å²) >= 11 is 0. The van der Waals surface area contributed by atoms with Gasteiger partial charge in [0.25, 0.3) is 0 Å². The van der Waals surface area contributed by atoms with Crippen LogP contribution in [0.2, 0.25) is 0 Å². The molecule has 0 amide bonds. The number of nitrogens with two attached hydrogens (primary N) is 1. The molecule has 0 bridgehead atoms. The van der Waals surface area contributed by atoms with Gasteiger partial charge < -0.3 is 0 Å². The van der Waals surface area contributed by atoms with E-state index in [4.69, 9.17) is 5.50 Å². The Morgan fingerprint density at radius 3 is 1.15 bits per heavy atom. The van der Waals surface area contributed by atoms with E-state index in [0.29, 0.717) is 10.3 Å². The van der Waals surface area contributed by atoms with E-state index < -0.39 is 6.75 Å². The minimum absolute atomic E-state index is 0.322. The van der Waals surface area contributed by atoms with Gasteiger partial charge in [-0.05, 0) is 0 Å². The molecule has 2 heteroatoms. The monoisotopic (exact) mass is 203 g/mol. The van der Waals surface area contributed by atoms with Crippen LogP contribution in [0, 0.1) is 0 Å². The second-order valence-corrected chi connectivity index (χ2v) is 13.5. The van der Waals surface area contributed by atoms with E-state index in [2.05, 4.69) is 41.5 Å². The van der Waals surface area contributed by atoms with Crippen LogP contribution in [0.15, 0.2) is 0 Å². The average molecular weight is 203 g/mol. The quantitative estimate of drug-likeness (QED) is 0.600. The Hall–Kier alpha value is 0.390. The van der Waals surface area contributed by atoms with Gasteiger partial charge in [-0.3, -0.25) is 0 Å². The van der Waals surface area contributed by atoms with Crippen LogP contribution < -0.4 is 5.50 Å². The van der Waals surface area contributed by atoms with Crippen LogP contribution in [0.5, 0.6) is 0 Å². The fourth-order valence-electron chi connectivity index (χ4n) is 3.00. The first-order chi connectivity index (χ1) is 5.53. The van der Waals surface area contributed by atoms with Crippen LogP contribution in [0.4, 0.5) is 0 Å². The molecular formula is C11H26NP. The van der Waals surface area contributed by atoms with Gasteiger partial charge in [-0.15, -0.1) is 0 Å². The molecule has 0 spiro atoms. The summed E-state index contributed by atoms with van der Waals surface area (Å²) in [5, 5.41) is 0.643. The normalized spacial score (nSPS) is 29.9. The molecule has 13 heavy (non-hydrogen) atoms. The Labute approximate surface area is 83.4 Å². The average Bonchev–Trinajstić information content (AvgIpc) is 1.76. The zero-order valence-electron chi connectivity index (χ0n) is 10.1. The fraction of sp³-hybridized carbons (Fsp3) is 1.00. The van der Waals surface area contributed by atoms with Crippen molar-refractivity contribution in [1.29, 1.82) is 0 Å². The predicted molar refractivity (Wildman–Crippen MR) is 65.0 cm³/mol. The Morgan fingerprint density at radius 1 is 0.846 bits per heavy atom. The molecule has 0 atom stereocenters. The molecule has 1 saturated heterocycles. The van der Waals surface area contributed by atoms with Gasteiger partial charge in [-0.25, -0.2) is 0 Å². The first-order valence-corrected chi connectivity index (χ1v) is 8.01. The van der Waals surface area contributed by atoms with Crippen molar-refractivity contribution in [2.24, 2.45) is 5.50 Å². The van der Waals surface area contributed by atoms with Crippen LogP contribution >= 0.6 is 6.75 Å². The maximum absolute atomic E-state index is 6.91. The Bertz CT molecular complexity index is 197. The van der Waals surface area contributed by atoms with E-state index in [1.165, 1.54) is 18.7 Å². The van der Waals surface area contributed by atoms with E-state index >= 15 is 0 Å². The van der Waals surface area contributed by atoms with Gasteiger partial charge in [0, 0.05) is 0 Å². The summed E-state index contributed by atoms with van der Waals surface area (Å²) in [5.41, 5.74) is 6.91. The van der Waals surface area contributed by atoms with Crippen molar-refractivity contribution in [3.8, 4) is 0 Å². The first kappa shape index (κ1) is 11.5. The third-order valence-corrected chi connectivity index (χ3v) is 14.0. The van der Waals surface area contributed by atoms with Crippen molar-refractivity contribution >= 4 is 6.75 Å². The minimum atomic E-state index is -1.92. The van der Waals surface area contributed by atoms with Crippen LogP contribution in [0.3, 0.4) is 0 Å². The summed E-state index contributed by atoms with van der Waals surface area (Å²) < 4.78 is 0. The second kappa shape index (κ2) is 2.49. The summed E-state index contributed by atoms with van der Waals surface area (Å²) in [4.78, 5) is 0. The van der Waals surface area contributed by atoms with Crippen molar-refractivity contribution < 1.29 is 0 Å². The Kier molecular flexibility index (Phi) is 2.20. The molecule has 1 aliphatic rings. The molecule has 1 rings (SSSR count). The topological polar surface area (TPSA) is 26.0 Å². The zero-order valence-corrected chi connectivity index (χ0v) is 11.0. The van der Waals surface area contributed by atoms with Crippen molar-refractivity contribution in [1.82, 2.24) is 0 Å². The van der Waals surface area contributed by atoms with Gasteiger partial charge in [-0.2, -0.15) is 0 Å². The zero-order chi connectivity index (χ0) is 10.6. The van der Waals surface area contributed by atoms with E-state index in [9.17, 15) is 0 Å². The van der Waals surface area contributed by atoms with Crippen LogP contribution in [-0.2, 0) is 0 Å². The fourth-order valence-corrected chi connectivity index (χ4v) is 9.01. The molecule has 1 aliphatic heterocycles. The summed E-state index contributed by atoms with van der Waals surface area (Å²) in [6, 6.07) is 0. The molecular weight excluding hydrogens is 177 g/mol. The number of hydrogen-bond donors (Lipinski definition) is 1. The van der Waals surface area contributed by atoms with Crippen LogP contribution in [0.1, 0.15) is 48.0 Å². The standard InChI is InChI=1S/C11H26NP/c1-10(2,3)13(12,8-7-9-13)11(4,5)6/h7-9,12H2,1-6H3. The summed E-state index contributed by atoms with van der Waals surface area (Å²) in [6.07, 6.45) is 3.96. The van der Waals surface area contributed by atoms with Gasteiger partial charge in [0.05, 0.1) is 0 Å². The van der Waals surface area contributed by atoms with E-state index in [1.807, 2.05) is 0 Å². The Balaban J connectivity index is 3.19. The molecule has 0 aliphatic carbocycles. The SMILES string of the molecule is CC(C)(C)P1(N)(C(C)(C)C)CCC1. The molecule has 1 nitrogen and oxygen atoms in total. The van der Waals surface area contributed by atoms with Crippen LogP contribution in [-0.4, -0.2) is 22.6 Å². The summed E-state index contributed by atoms with van der Waals surface area (Å²) in [7, 11) is 0. The van der Waals surface area contributed by atoms with Gasteiger partial charge in [-0.1, -0.05) is 0 Å². The predicted octanol–water partition coefficient (Wildman–Crippen LogP) is 3.41. The van der Waals surface area contributed by atoms with E-state index in [-0.39, 0.29) is 0 Å². The van der Waals surface area contributed by atoms with Crippen molar-refractivity contribution in [3.63, 3.8) is 0 Å². The summed E-state index contributed by atoms with van der Waals surface area (Å²) in [6.45, 7) is 12.1. The van der Waals surface area contributed by atoms with Gasteiger partial charge in [0.2, 0.25) is 0 Å². The number of rotatable bonds is 0. The van der Waals surface area contributed by atoms with Crippen molar-refractivity contribution in [2.45, 2.75) is 58.3 Å². The Morgan fingerprint density at radius 2 is 1.15 bits per heavy atom. The summed E-state index contributed by atoms with van der Waals surface area (Å²) in [5.74, 6) is 0. The maximum atomic E-state index is 6.91. The molecule has 80 valence electrons. The van der Waals surface area contributed by atoms with Gasteiger partial charge in [0.1, 0.15) is 0 Å². The molecule has 0 aromatic heterocycles. The van der Waals surface area contributed by atoms with Crippen molar-refractivity contribution in [2.75, 3.05) is 12.3 Å². The molecule has 0 saturated carbocycles. The van der Waals surface area contributed by atoms with Crippen LogP contribution in [0.25, 0.3) is 0 Å².